The second-order valence-electron chi connectivity index (χ2n) is 7.85. The van der Waals surface area contributed by atoms with Crippen LogP contribution in [0.4, 0.5) is 5.82 Å². The molecule has 4 heterocycles. The van der Waals surface area contributed by atoms with Gasteiger partial charge in [-0.2, -0.15) is 0 Å². The SMILES string of the molecule is Cc1ccn2c(NC3CCCCC3)c(-c3ccc(C#Cc4ccccn4)s3)nc2c1. The normalized spacial score (nSPS) is 14.4. The average molecular weight is 413 g/mol. The third-order valence-electron chi connectivity index (χ3n) is 5.55. The first-order valence-electron chi connectivity index (χ1n) is 10.5. The molecular weight excluding hydrogens is 388 g/mol. The Labute approximate surface area is 181 Å². The first-order chi connectivity index (χ1) is 14.8. The lowest BCUT2D eigenvalue weighted by Crippen LogP contribution is -2.23. The molecule has 4 aromatic heterocycles. The van der Waals surface area contributed by atoms with E-state index >= 15 is 0 Å². The van der Waals surface area contributed by atoms with Gasteiger partial charge in [0.05, 0.1) is 9.75 Å². The number of nitrogens with zero attached hydrogens (tertiary/aromatic N) is 3. The highest BCUT2D eigenvalue weighted by molar-refractivity contribution is 7.16. The number of aryl methyl sites for hydroxylation is 1. The first-order valence-corrected chi connectivity index (χ1v) is 11.4. The van der Waals surface area contributed by atoms with Crippen molar-refractivity contribution in [3.05, 3.63) is 71.0 Å². The van der Waals surface area contributed by atoms with Gasteiger partial charge < -0.3 is 5.32 Å². The van der Waals surface area contributed by atoms with Crippen LogP contribution < -0.4 is 5.32 Å². The molecule has 0 amide bonds. The molecule has 0 bridgehead atoms. The number of hydrogen-bond acceptors (Lipinski definition) is 4. The van der Waals surface area contributed by atoms with Crippen molar-refractivity contribution >= 4 is 22.8 Å². The van der Waals surface area contributed by atoms with E-state index < -0.39 is 0 Å². The van der Waals surface area contributed by atoms with Crippen molar-refractivity contribution in [2.24, 2.45) is 0 Å². The monoisotopic (exact) mass is 412 g/mol. The number of imidazole rings is 1. The summed E-state index contributed by atoms with van der Waals surface area (Å²) < 4.78 is 2.19. The van der Waals surface area contributed by atoms with Crippen molar-refractivity contribution in [3.8, 4) is 22.4 Å². The molecule has 0 saturated heterocycles. The fourth-order valence-electron chi connectivity index (χ4n) is 3.99. The molecule has 1 saturated carbocycles. The van der Waals surface area contributed by atoms with Crippen molar-refractivity contribution < 1.29 is 0 Å². The Morgan fingerprint density at radius 1 is 1.07 bits per heavy atom. The minimum absolute atomic E-state index is 0.516. The summed E-state index contributed by atoms with van der Waals surface area (Å²) in [6.07, 6.45) is 10.3. The van der Waals surface area contributed by atoms with Gasteiger partial charge in [0, 0.05) is 18.4 Å². The van der Waals surface area contributed by atoms with Gasteiger partial charge in [0.2, 0.25) is 0 Å². The van der Waals surface area contributed by atoms with Gasteiger partial charge in [-0.3, -0.25) is 4.40 Å². The minimum Gasteiger partial charge on any atom is -0.367 e. The Balaban J connectivity index is 1.51. The summed E-state index contributed by atoms with van der Waals surface area (Å²) in [5, 5.41) is 3.82. The van der Waals surface area contributed by atoms with E-state index in [4.69, 9.17) is 4.98 Å². The predicted molar refractivity (Wildman–Crippen MR) is 124 cm³/mol. The lowest BCUT2D eigenvalue weighted by molar-refractivity contribution is 0.462. The van der Waals surface area contributed by atoms with E-state index in [9.17, 15) is 0 Å². The van der Waals surface area contributed by atoms with Gasteiger partial charge in [-0.15, -0.1) is 11.3 Å². The Morgan fingerprint density at radius 3 is 2.80 bits per heavy atom. The van der Waals surface area contributed by atoms with Crippen LogP contribution in [0, 0.1) is 18.8 Å². The summed E-state index contributed by atoms with van der Waals surface area (Å²) in [5.41, 5.74) is 4.01. The van der Waals surface area contributed by atoms with Gasteiger partial charge in [-0.1, -0.05) is 25.3 Å². The zero-order valence-electron chi connectivity index (χ0n) is 17.1. The van der Waals surface area contributed by atoms with E-state index in [-0.39, 0.29) is 0 Å². The highest BCUT2D eigenvalue weighted by Gasteiger charge is 2.20. The molecule has 150 valence electrons. The molecule has 0 spiro atoms. The number of hydrogen-bond donors (Lipinski definition) is 1. The second kappa shape index (κ2) is 8.33. The summed E-state index contributed by atoms with van der Waals surface area (Å²) in [5.74, 6) is 7.49. The lowest BCUT2D eigenvalue weighted by atomic mass is 9.95. The molecule has 0 aromatic carbocycles. The van der Waals surface area contributed by atoms with E-state index in [1.165, 1.54) is 37.7 Å². The third kappa shape index (κ3) is 3.96. The summed E-state index contributed by atoms with van der Waals surface area (Å²) in [6, 6.07) is 14.8. The van der Waals surface area contributed by atoms with E-state index in [0.717, 1.165) is 32.6 Å². The molecule has 0 atom stereocenters. The Morgan fingerprint density at radius 2 is 1.97 bits per heavy atom. The molecule has 4 aromatic rings. The number of anilines is 1. The Bertz CT molecular complexity index is 1220. The number of pyridine rings is 2. The van der Waals surface area contributed by atoms with Gasteiger partial charge in [0.25, 0.3) is 0 Å². The van der Waals surface area contributed by atoms with Gasteiger partial charge in [0.15, 0.2) is 0 Å². The van der Waals surface area contributed by atoms with Crippen LogP contribution in [0.25, 0.3) is 16.2 Å². The molecule has 5 rings (SSSR count). The zero-order chi connectivity index (χ0) is 20.3. The topological polar surface area (TPSA) is 42.2 Å². The van der Waals surface area contributed by atoms with Crippen molar-refractivity contribution in [1.29, 1.82) is 0 Å². The average Bonchev–Trinajstić information content (AvgIpc) is 3.38. The number of fused-ring (bicyclic) bond motifs is 1. The maximum Gasteiger partial charge on any atom is 0.139 e. The van der Waals surface area contributed by atoms with E-state index in [0.29, 0.717) is 6.04 Å². The van der Waals surface area contributed by atoms with Crippen LogP contribution in [0.1, 0.15) is 48.2 Å². The Kier molecular flexibility index (Phi) is 5.25. The fourth-order valence-corrected chi connectivity index (χ4v) is 4.84. The van der Waals surface area contributed by atoms with Gasteiger partial charge in [0.1, 0.15) is 22.9 Å². The highest BCUT2D eigenvalue weighted by atomic mass is 32.1. The van der Waals surface area contributed by atoms with Crippen LogP contribution in [-0.4, -0.2) is 20.4 Å². The molecule has 1 N–H and O–H groups in total. The van der Waals surface area contributed by atoms with Gasteiger partial charge >= 0.3 is 0 Å². The molecule has 4 nitrogen and oxygen atoms in total. The number of nitrogens with one attached hydrogen (secondary N) is 1. The van der Waals surface area contributed by atoms with Crippen LogP contribution in [0.2, 0.25) is 0 Å². The van der Waals surface area contributed by atoms with Crippen LogP contribution in [0.5, 0.6) is 0 Å². The molecule has 1 fully saturated rings. The molecule has 30 heavy (non-hydrogen) atoms. The molecule has 5 heteroatoms. The van der Waals surface area contributed by atoms with Crippen LogP contribution in [0.3, 0.4) is 0 Å². The predicted octanol–water partition coefficient (Wildman–Crippen LogP) is 5.91. The fraction of sp³-hybridized carbons (Fsp3) is 0.280. The first kappa shape index (κ1) is 18.9. The summed E-state index contributed by atoms with van der Waals surface area (Å²) in [7, 11) is 0. The number of thiophene rings is 1. The van der Waals surface area contributed by atoms with Crippen LogP contribution in [0.15, 0.2) is 54.9 Å². The molecule has 1 aliphatic carbocycles. The second-order valence-corrected chi connectivity index (χ2v) is 8.93. The van der Waals surface area contributed by atoms with Gasteiger partial charge in [-0.05, 0) is 73.6 Å². The summed E-state index contributed by atoms with van der Waals surface area (Å²) >= 11 is 1.68. The molecule has 1 aliphatic rings. The van der Waals surface area contributed by atoms with Crippen molar-refractivity contribution in [2.75, 3.05) is 5.32 Å². The largest absolute Gasteiger partial charge is 0.367 e. The molecule has 0 radical (unpaired) electrons. The van der Waals surface area contributed by atoms with Crippen LogP contribution >= 0.6 is 11.3 Å². The molecule has 0 unspecified atom stereocenters. The summed E-state index contributed by atoms with van der Waals surface area (Å²) in [4.78, 5) is 11.4. The highest BCUT2D eigenvalue weighted by Crippen LogP contribution is 2.35. The maximum absolute atomic E-state index is 4.99. The van der Waals surface area contributed by atoms with Crippen LogP contribution in [-0.2, 0) is 0 Å². The van der Waals surface area contributed by atoms with Crippen molar-refractivity contribution in [3.63, 3.8) is 0 Å². The number of aromatic nitrogens is 3. The molecule has 0 aliphatic heterocycles. The zero-order valence-corrected chi connectivity index (χ0v) is 17.9. The van der Waals surface area contributed by atoms with Crippen molar-refractivity contribution in [2.45, 2.75) is 45.1 Å². The quantitative estimate of drug-likeness (QED) is 0.425. The third-order valence-corrected chi connectivity index (χ3v) is 6.55. The van der Waals surface area contributed by atoms with Gasteiger partial charge in [-0.25, -0.2) is 9.97 Å². The van der Waals surface area contributed by atoms with Crippen molar-refractivity contribution in [1.82, 2.24) is 14.4 Å². The lowest BCUT2D eigenvalue weighted by Gasteiger charge is -2.24. The smallest absolute Gasteiger partial charge is 0.139 e. The van der Waals surface area contributed by atoms with E-state index in [2.05, 4.69) is 63.9 Å². The summed E-state index contributed by atoms with van der Waals surface area (Å²) in [6.45, 7) is 2.11. The van der Waals surface area contributed by atoms with E-state index in [1.807, 2.05) is 18.2 Å². The van der Waals surface area contributed by atoms with E-state index in [1.54, 1.807) is 17.5 Å². The maximum atomic E-state index is 4.99. The Hall–Kier alpha value is -3.10. The molecular formula is C25H24N4S. The minimum atomic E-state index is 0.516. The standard InChI is InChI=1S/C25H24N4S/c1-18-14-16-29-23(17-18)28-24(25(29)27-20-8-3-2-4-9-20)22-13-12-21(30-22)11-10-19-7-5-6-15-26-19/h5-7,12-17,20,27H,2-4,8-9H2,1H3. The number of rotatable bonds is 3.